The van der Waals surface area contributed by atoms with Crippen molar-refractivity contribution in [3.8, 4) is 0 Å². The monoisotopic (exact) mass is 479 g/mol. The molecule has 0 amide bonds. The van der Waals surface area contributed by atoms with Crippen LogP contribution in [-0.2, 0) is 12.8 Å². The van der Waals surface area contributed by atoms with Gasteiger partial charge in [-0.3, -0.25) is 0 Å². The van der Waals surface area contributed by atoms with Crippen molar-refractivity contribution < 1.29 is 18.3 Å². The largest absolute Gasteiger partial charge is 0.418 e. The number of halogens is 4. The number of benzene rings is 2. The van der Waals surface area contributed by atoms with E-state index in [-0.39, 0.29) is 11.6 Å². The lowest BCUT2D eigenvalue weighted by Crippen LogP contribution is -2.20. The number of nitrogens with zero attached hydrogens (tertiary/aromatic N) is 2. The Balaban J connectivity index is 1.71. The maximum Gasteiger partial charge on any atom is 0.418 e. The molecule has 0 fully saturated rings. The predicted octanol–water partition coefficient (Wildman–Crippen LogP) is 5.96. The van der Waals surface area contributed by atoms with E-state index < -0.39 is 12.3 Å². The van der Waals surface area contributed by atoms with Crippen LogP contribution in [0.1, 0.15) is 53.6 Å². The number of aromatic nitrogens is 2. The van der Waals surface area contributed by atoms with E-state index in [4.69, 9.17) is 0 Å². The first-order chi connectivity index (χ1) is 14.1. The molecule has 8 heteroatoms. The van der Waals surface area contributed by atoms with Gasteiger partial charge in [0.05, 0.1) is 5.52 Å². The van der Waals surface area contributed by atoms with Gasteiger partial charge in [-0.2, -0.15) is 13.2 Å². The van der Waals surface area contributed by atoms with Gasteiger partial charge in [-0.05, 0) is 61.4 Å². The van der Waals surface area contributed by atoms with Gasteiger partial charge in [0.15, 0.2) is 6.10 Å². The molecule has 1 heterocycles. The first kappa shape index (κ1) is 21.1. The summed E-state index contributed by atoms with van der Waals surface area (Å²) < 4.78 is 39.7. The predicted molar refractivity (Wildman–Crippen MR) is 113 cm³/mol. The number of aryl methyl sites for hydroxylation is 2. The summed E-state index contributed by atoms with van der Waals surface area (Å²) >= 11 is 3.66. The highest BCUT2D eigenvalue weighted by atomic mass is 79.9. The molecule has 4 nitrogen and oxygen atoms in total. The third kappa shape index (κ3) is 3.90. The van der Waals surface area contributed by atoms with Crippen LogP contribution in [0.3, 0.4) is 0 Å². The molecule has 0 saturated carbocycles. The van der Waals surface area contributed by atoms with Gasteiger partial charge in [0.2, 0.25) is 0 Å². The van der Waals surface area contributed by atoms with Crippen molar-refractivity contribution in [2.24, 2.45) is 0 Å². The van der Waals surface area contributed by atoms with E-state index in [9.17, 15) is 18.3 Å². The molecule has 2 N–H and O–H groups in total. The molecule has 30 heavy (non-hydrogen) atoms. The number of hydrogen-bond acceptors (Lipinski definition) is 4. The normalized spacial score (nSPS) is 15.8. The fraction of sp³-hybridized carbons (Fsp3) is 0.364. The molecule has 4 rings (SSSR count). The standard InChI is InChI=1S/C22H21BrF3N3O/c1-11(13-5-3-6-14(9-13)20(30)22(24,25)26)27-21-17-10-18(23)15-7-4-8-16(15)19(17)28-12(2)29-21/h3,5-6,9-11,20,30H,4,7-8H2,1-2H3,(H,27,28,29). The molecule has 158 valence electrons. The number of rotatable bonds is 4. The van der Waals surface area contributed by atoms with Crippen molar-refractivity contribution >= 4 is 32.7 Å². The van der Waals surface area contributed by atoms with Crippen LogP contribution in [0, 0.1) is 6.92 Å². The second kappa shape index (κ2) is 7.81. The fourth-order valence-electron chi connectivity index (χ4n) is 4.02. The molecule has 0 aliphatic heterocycles. The number of aliphatic hydroxyl groups is 1. The average molecular weight is 480 g/mol. The third-order valence-electron chi connectivity index (χ3n) is 5.51. The van der Waals surface area contributed by atoms with Gasteiger partial charge in [-0.15, -0.1) is 0 Å². The number of alkyl halides is 3. The van der Waals surface area contributed by atoms with Crippen LogP contribution in [0.5, 0.6) is 0 Å². The van der Waals surface area contributed by atoms with Crippen LogP contribution in [0.15, 0.2) is 34.8 Å². The highest BCUT2D eigenvalue weighted by molar-refractivity contribution is 9.10. The van der Waals surface area contributed by atoms with Crippen molar-refractivity contribution in [2.45, 2.75) is 51.4 Å². The Labute approximate surface area is 180 Å². The fourth-order valence-corrected chi connectivity index (χ4v) is 4.68. The van der Waals surface area contributed by atoms with Crippen LogP contribution < -0.4 is 5.32 Å². The smallest absolute Gasteiger partial charge is 0.379 e. The molecule has 2 unspecified atom stereocenters. The van der Waals surface area contributed by atoms with Crippen LogP contribution >= 0.6 is 15.9 Å². The quantitative estimate of drug-likeness (QED) is 0.484. The number of fused-ring (bicyclic) bond motifs is 3. The second-order valence-corrected chi connectivity index (χ2v) is 8.52. The van der Waals surface area contributed by atoms with E-state index in [1.54, 1.807) is 6.07 Å². The van der Waals surface area contributed by atoms with Gasteiger partial charge in [0.25, 0.3) is 0 Å². The van der Waals surface area contributed by atoms with E-state index in [0.29, 0.717) is 17.2 Å². The second-order valence-electron chi connectivity index (χ2n) is 7.66. The minimum atomic E-state index is -4.71. The zero-order valence-electron chi connectivity index (χ0n) is 16.5. The summed E-state index contributed by atoms with van der Waals surface area (Å²) in [6.07, 6.45) is -4.15. The van der Waals surface area contributed by atoms with Gasteiger partial charge >= 0.3 is 6.18 Å². The van der Waals surface area contributed by atoms with Crippen molar-refractivity contribution in [1.29, 1.82) is 0 Å². The SMILES string of the molecule is Cc1nc(NC(C)c2cccc(C(O)C(F)(F)F)c2)c2cc(Br)c3c(c2n1)CCC3. The summed E-state index contributed by atoms with van der Waals surface area (Å²) in [4.78, 5) is 9.22. The van der Waals surface area contributed by atoms with Crippen LogP contribution in [0.25, 0.3) is 10.9 Å². The Kier molecular flexibility index (Phi) is 5.48. The lowest BCUT2D eigenvalue weighted by atomic mass is 10.0. The van der Waals surface area contributed by atoms with Crippen LogP contribution in [-0.4, -0.2) is 21.3 Å². The highest BCUT2D eigenvalue weighted by Crippen LogP contribution is 2.38. The van der Waals surface area contributed by atoms with Crippen molar-refractivity contribution in [2.75, 3.05) is 5.32 Å². The third-order valence-corrected chi connectivity index (χ3v) is 6.22. The van der Waals surface area contributed by atoms with E-state index in [0.717, 1.165) is 34.6 Å². The van der Waals surface area contributed by atoms with Crippen molar-refractivity contribution in [3.63, 3.8) is 0 Å². The zero-order valence-corrected chi connectivity index (χ0v) is 18.1. The summed E-state index contributed by atoms with van der Waals surface area (Å²) in [7, 11) is 0. The lowest BCUT2D eigenvalue weighted by molar-refractivity contribution is -0.206. The van der Waals surface area contributed by atoms with E-state index in [1.165, 1.54) is 29.3 Å². The van der Waals surface area contributed by atoms with Gasteiger partial charge < -0.3 is 10.4 Å². The van der Waals surface area contributed by atoms with Crippen LogP contribution in [0.4, 0.5) is 19.0 Å². The van der Waals surface area contributed by atoms with Gasteiger partial charge in [0.1, 0.15) is 11.6 Å². The zero-order chi connectivity index (χ0) is 21.6. The van der Waals surface area contributed by atoms with Crippen molar-refractivity contribution in [1.82, 2.24) is 9.97 Å². The lowest BCUT2D eigenvalue weighted by Gasteiger charge is -2.20. The summed E-state index contributed by atoms with van der Waals surface area (Å²) in [5, 5.41) is 13.8. The molecule has 1 aliphatic carbocycles. The Morgan fingerprint density at radius 1 is 1.10 bits per heavy atom. The minimum absolute atomic E-state index is 0.182. The average Bonchev–Trinajstić information content (AvgIpc) is 3.18. The highest BCUT2D eigenvalue weighted by Gasteiger charge is 2.39. The molecular formula is C22H21BrF3N3O. The molecule has 3 aromatic rings. The number of aliphatic hydroxyl groups excluding tert-OH is 1. The summed E-state index contributed by atoms with van der Waals surface area (Å²) in [6.45, 7) is 3.68. The molecule has 1 aliphatic rings. The number of hydrogen-bond donors (Lipinski definition) is 2. The Morgan fingerprint density at radius 2 is 1.80 bits per heavy atom. The Bertz CT molecular complexity index is 1120. The first-order valence-electron chi connectivity index (χ1n) is 9.75. The number of anilines is 1. The molecule has 0 spiro atoms. The van der Waals surface area contributed by atoms with Crippen LogP contribution in [0.2, 0.25) is 0 Å². The summed E-state index contributed by atoms with van der Waals surface area (Å²) in [5.74, 6) is 1.28. The molecule has 2 atom stereocenters. The molecular weight excluding hydrogens is 459 g/mol. The van der Waals surface area contributed by atoms with E-state index in [1.807, 2.05) is 19.9 Å². The molecule has 0 radical (unpaired) electrons. The minimum Gasteiger partial charge on any atom is -0.379 e. The summed E-state index contributed by atoms with van der Waals surface area (Å²) in [5.41, 5.74) is 3.89. The molecule has 1 aromatic heterocycles. The molecule has 0 saturated heterocycles. The van der Waals surface area contributed by atoms with E-state index >= 15 is 0 Å². The van der Waals surface area contributed by atoms with Crippen molar-refractivity contribution in [3.05, 3.63) is 62.9 Å². The Morgan fingerprint density at radius 3 is 2.53 bits per heavy atom. The van der Waals surface area contributed by atoms with E-state index in [2.05, 4.69) is 31.2 Å². The maximum atomic E-state index is 12.9. The first-order valence-corrected chi connectivity index (χ1v) is 10.5. The molecule has 0 bridgehead atoms. The maximum absolute atomic E-state index is 12.9. The van der Waals surface area contributed by atoms with Gasteiger partial charge in [-0.1, -0.05) is 40.2 Å². The van der Waals surface area contributed by atoms with Gasteiger partial charge in [0, 0.05) is 15.9 Å². The summed E-state index contributed by atoms with van der Waals surface area (Å²) in [6, 6.07) is 7.59. The Hall–Kier alpha value is -2.19. The number of nitrogens with one attached hydrogen (secondary N) is 1. The van der Waals surface area contributed by atoms with Gasteiger partial charge in [-0.25, -0.2) is 9.97 Å². The topological polar surface area (TPSA) is 58.0 Å². The molecule has 2 aromatic carbocycles.